The zero-order valence-electron chi connectivity index (χ0n) is 14.2. The molecule has 3 rings (SSSR count). The SMILES string of the molecule is Cc1ccc(C(N)=O)cc1NC(=O)C=Cc1ccc(-n2ccnc2)cc1. The molecule has 0 unspecified atom stereocenters. The van der Waals surface area contributed by atoms with Crippen LogP contribution >= 0.6 is 0 Å². The van der Waals surface area contributed by atoms with Crippen molar-refractivity contribution in [2.45, 2.75) is 6.92 Å². The standard InChI is InChI=1S/C20H18N4O2/c1-14-2-6-16(20(21)26)12-18(14)23-19(25)9-5-15-3-7-17(8-4-15)24-11-10-22-13-24/h2-13H,1H3,(H2,21,26)(H,23,25). The van der Waals surface area contributed by atoms with Gasteiger partial charge in [-0.1, -0.05) is 18.2 Å². The first-order chi connectivity index (χ1) is 12.5. The maximum atomic E-state index is 12.1. The Morgan fingerprint density at radius 1 is 1.15 bits per heavy atom. The van der Waals surface area contributed by atoms with Gasteiger partial charge in [0.25, 0.3) is 0 Å². The molecule has 6 nitrogen and oxygen atoms in total. The Hall–Kier alpha value is -3.67. The number of nitrogens with one attached hydrogen (secondary N) is 1. The molecule has 0 aliphatic heterocycles. The summed E-state index contributed by atoms with van der Waals surface area (Å²) in [4.78, 5) is 27.4. The van der Waals surface area contributed by atoms with E-state index in [0.29, 0.717) is 11.3 Å². The fourth-order valence-corrected chi connectivity index (χ4v) is 2.43. The summed E-state index contributed by atoms with van der Waals surface area (Å²) < 4.78 is 1.90. The Balaban J connectivity index is 1.68. The van der Waals surface area contributed by atoms with Crippen molar-refractivity contribution in [2.24, 2.45) is 5.73 Å². The van der Waals surface area contributed by atoms with Crippen molar-refractivity contribution >= 4 is 23.6 Å². The number of aryl methyl sites for hydroxylation is 1. The van der Waals surface area contributed by atoms with Gasteiger partial charge in [-0.25, -0.2) is 4.98 Å². The number of hydrogen-bond donors (Lipinski definition) is 2. The Morgan fingerprint density at radius 3 is 2.58 bits per heavy atom. The molecule has 130 valence electrons. The van der Waals surface area contributed by atoms with Gasteiger partial charge in [-0.15, -0.1) is 0 Å². The number of carbonyl (C=O) groups excluding carboxylic acids is 2. The van der Waals surface area contributed by atoms with Crippen molar-refractivity contribution in [3.63, 3.8) is 0 Å². The molecular weight excluding hydrogens is 328 g/mol. The molecule has 0 spiro atoms. The Bertz CT molecular complexity index is 958. The summed E-state index contributed by atoms with van der Waals surface area (Å²) in [6, 6.07) is 12.7. The van der Waals surface area contributed by atoms with Gasteiger partial charge in [-0.3, -0.25) is 9.59 Å². The molecule has 6 heteroatoms. The number of amides is 2. The summed E-state index contributed by atoms with van der Waals surface area (Å²) in [7, 11) is 0. The number of aromatic nitrogens is 2. The van der Waals surface area contributed by atoms with Crippen LogP contribution in [0.25, 0.3) is 11.8 Å². The summed E-state index contributed by atoms with van der Waals surface area (Å²) in [6.45, 7) is 1.85. The van der Waals surface area contributed by atoms with E-state index in [1.54, 1.807) is 36.8 Å². The lowest BCUT2D eigenvalue weighted by molar-refractivity contribution is -0.111. The molecule has 1 heterocycles. The number of primary amides is 1. The third-order valence-electron chi connectivity index (χ3n) is 3.90. The highest BCUT2D eigenvalue weighted by Gasteiger charge is 2.06. The van der Waals surface area contributed by atoms with Crippen molar-refractivity contribution in [1.82, 2.24) is 9.55 Å². The third kappa shape index (κ3) is 4.05. The van der Waals surface area contributed by atoms with E-state index in [4.69, 9.17) is 5.73 Å². The summed E-state index contributed by atoms with van der Waals surface area (Å²) in [5, 5.41) is 2.76. The van der Waals surface area contributed by atoms with Crippen LogP contribution in [0.4, 0.5) is 5.69 Å². The summed E-state index contributed by atoms with van der Waals surface area (Å²) in [5.74, 6) is -0.817. The molecule has 3 aromatic rings. The minimum absolute atomic E-state index is 0.284. The van der Waals surface area contributed by atoms with Crippen molar-refractivity contribution in [3.8, 4) is 5.69 Å². The van der Waals surface area contributed by atoms with Crippen molar-refractivity contribution in [1.29, 1.82) is 0 Å². The number of nitrogens with two attached hydrogens (primary N) is 1. The first kappa shape index (κ1) is 17.2. The quantitative estimate of drug-likeness (QED) is 0.696. The van der Waals surface area contributed by atoms with Gasteiger partial charge in [0.1, 0.15) is 0 Å². The molecule has 0 radical (unpaired) electrons. The molecule has 0 aliphatic rings. The number of anilines is 1. The van der Waals surface area contributed by atoms with Gasteiger partial charge in [0.05, 0.1) is 6.33 Å². The molecule has 0 aliphatic carbocycles. The van der Waals surface area contributed by atoms with E-state index >= 15 is 0 Å². The highest BCUT2D eigenvalue weighted by molar-refractivity contribution is 6.03. The first-order valence-electron chi connectivity index (χ1n) is 8.01. The maximum absolute atomic E-state index is 12.1. The number of nitrogens with zero attached hydrogens (tertiary/aromatic N) is 2. The predicted molar refractivity (Wildman–Crippen MR) is 101 cm³/mol. The third-order valence-corrected chi connectivity index (χ3v) is 3.90. The average Bonchev–Trinajstić information content (AvgIpc) is 3.17. The molecule has 0 bridgehead atoms. The zero-order valence-corrected chi connectivity index (χ0v) is 14.2. The van der Waals surface area contributed by atoms with Crippen LogP contribution in [0.15, 0.2) is 67.3 Å². The number of hydrogen-bond acceptors (Lipinski definition) is 3. The lowest BCUT2D eigenvalue weighted by Gasteiger charge is -2.08. The molecule has 0 fully saturated rings. The summed E-state index contributed by atoms with van der Waals surface area (Å²) in [5.41, 5.74) is 8.92. The van der Waals surface area contributed by atoms with Crippen LogP contribution in [0.5, 0.6) is 0 Å². The van der Waals surface area contributed by atoms with E-state index in [-0.39, 0.29) is 5.91 Å². The number of rotatable bonds is 5. The van der Waals surface area contributed by atoms with Crippen LogP contribution in [0.1, 0.15) is 21.5 Å². The molecule has 0 saturated carbocycles. The second-order valence-corrected chi connectivity index (χ2v) is 5.78. The smallest absolute Gasteiger partial charge is 0.248 e. The zero-order chi connectivity index (χ0) is 18.5. The minimum Gasteiger partial charge on any atom is -0.366 e. The number of carbonyl (C=O) groups is 2. The van der Waals surface area contributed by atoms with Gasteiger partial charge in [-0.05, 0) is 48.4 Å². The van der Waals surface area contributed by atoms with Gasteiger partial charge in [0, 0.05) is 35.4 Å². The molecule has 0 atom stereocenters. The van der Waals surface area contributed by atoms with Crippen LogP contribution < -0.4 is 11.1 Å². The Labute approximate surface area is 151 Å². The van der Waals surface area contributed by atoms with Gasteiger partial charge in [0.15, 0.2) is 0 Å². The molecular formula is C20H18N4O2. The van der Waals surface area contributed by atoms with Gasteiger partial charge in [-0.2, -0.15) is 0 Å². The Kier molecular flexibility index (Phi) is 4.94. The molecule has 1 aromatic heterocycles. The largest absolute Gasteiger partial charge is 0.366 e. The van der Waals surface area contributed by atoms with Crippen LogP contribution in [0, 0.1) is 6.92 Å². The Morgan fingerprint density at radius 2 is 1.92 bits per heavy atom. The van der Waals surface area contributed by atoms with E-state index < -0.39 is 5.91 Å². The second kappa shape index (κ2) is 7.48. The lowest BCUT2D eigenvalue weighted by atomic mass is 10.1. The highest BCUT2D eigenvalue weighted by atomic mass is 16.1. The molecule has 2 amide bonds. The van der Waals surface area contributed by atoms with E-state index in [0.717, 1.165) is 16.8 Å². The normalized spacial score (nSPS) is 10.8. The second-order valence-electron chi connectivity index (χ2n) is 5.78. The average molecular weight is 346 g/mol. The fraction of sp³-hybridized carbons (Fsp3) is 0.0500. The van der Waals surface area contributed by atoms with Crippen molar-refractivity contribution < 1.29 is 9.59 Å². The lowest BCUT2D eigenvalue weighted by Crippen LogP contribution is -2.13. The number of benzene rings is 2. The van der Waals surface area contributed by atoms with E-state index in [9.17, 15) is 9.59 Å². The van der Waals surface area contributed by atoms with Crippen LogP contribution in [-0.2, 0) is 4.79 Å². The van der Waals surface area contributed by atoms with Crippen molar-refractivity contribution in [2.75, 3.05) is 5.32 Å². The summed E-state index contributed by atoms with van der Waals surface area (Å²) >= 11 is 0. The molecule has 3 N–H and O–H groups in total. The van der Waals surface area contributed by atoms with Crippen molar-refractivity contribution in [3.05, 3.63) is 84.0 Å². The van der Waals surface area contributed by atoms with Crippen LogP contribution in [0.2, 0.25) is 0 Å². The molecule has 26 heavy (non-hydrogen) atoms. The van der Waals surface area contributed by atoms with Gasteiger partial charge < -0.3 is 15.6 Å². The summed E-state index contributed by atoms with van der Waals surface area (Å²) in [6.07, 6.45) is 8.47. The van der Waals surface area contributed by atoms with Gasteiger partial charge >= 0.3 is 0 Å². The van der Waals surface area contributed by atoms with Crippen LogP contribution in [-0.4, -0.2) is 21.4 Å². The monoisotopic (exact) mass is 346 g/mol. The minimum atomic E-state index is -0.533. The van der Waals surface area contributed by atoms with Crippen LogP contribution in [0.3, 0.4) is 0 Å². The van der Waals surface area contributed by atoms with E-state index in [1.165, 1.54) is 6.08 Å². The van der Waals surface area contributed by atoms with Gasteiger partial charge in [0.2, 0.25) is 11.8 Å². The maximum Gasteiger partial charge on any atom is 0.248 e. The van der Waals surface area contributed by atoms with E-state index in [1.807, 2.05) is 42.0 Å². The topological polar surface area (TPSA) is 90.0 Å². The fourth-order valence-electron chi connectivity index (χ4n) is 2.43. The molecule has 2 aromatic carbocycles. The highest BCUT2D eigenvalue weighted by Crippen LogP contribution is 2.17. The predicted octanol–water partition coefficient (Wildman–Crippen LogP) is 2.93. The number of imidazole rings is 1. The van der Waals surface area contributed by atoms with E-state index in [2.05, 4.69) is 10.3 Å². The molecule has 0 saturated heterocycles. The first-order valence-corrected chi connectivity index (χ1v) is 8.01.